The number of aliphatic hydroxyl groups is 1. The number of nitrogens with zero attached hydrogens (tertiary/aromatic N) is 6. The van der Waals surface area contributed by atoms with Gasteiger partial charge < -0.3 is 25.8 Å². The summed E-state index contributed by atoms with van der Waals surface area (Å²) in [5.41, 5.74) is 9.44. The molecule has 0 saturated carbocycles. The summed E-state index contributed by atoms with van der Waals surface area (Å²) < 4.78 is 7.61. The molecule has 4 rings (SSSR count). The number of ether oxygens (including phenoxy) is 1. The SMILES string of the molecule is CCC[C@@H](CCO)Nc1nc(N)nc2cnn(Cc3cnc(C4CCN(C)CC4)cc3OC)c12. The number of anilines is 2. The second kappa shape index (κ2) is 11.0. The number of likely N-dealkylation sites (tertiary alicyclic amines) is 1. The summed E-state index contributed by atoms with van der Waals surface area (Å²) in [6.45, 7) is 4.86. The van der Waals surface area contributed by atoms with E-state index in [0.29, 0.717) is 30.2 Å². The Bertz CT molecular complexity index is 1090. The van der Waals surface area contributed by atoms with Crippen LogP contribution in [0.4, 0.5) is 11.8 Å². The number of nitrogens with one attached hydrogen (secondary N) is 1. The zero-order valence-electron chi connectivity index (χ0n) is 20.4. The molecular formula is C24H36N8O2. The number of piperidine rings is 1. The average molecular weight is 469 g/mol. The van der Waals surface area contributed by atoms with E-state index in [0.717, 1.165) is 61.3 Å². The molecule has 4 N–H and O–H groups in total. The number of hydrogen-bond acceptors (Lipinski definition) is 9. The van der Waals surface area contributed by atoms with Gasteiger partial charge in [0.2, 0.25) is 5.95 Å². The third-order valence-corrected chi connectivity index (χ3v) is 6.60. The second-order valence-corrected chi connectivity index (χ2v) is 9.11. The number of methoxy groups -OCH3 is 1. The lowest BCUT2D eigenvalue weighted by atomic mass is 9.93. The number of fused-ring (bicyclic) bond motifs is 1. The minimum atomic E-state index is 0.0841. The Kier molecular flexibility index (Phi) is 7.79. The van der Waals surface area contributed by atoms with Gasteiger partial charge >= 0.3 is 0 Å². The third-order valence-electron chi connectivity index (χ3n) is 6.60. The predicted molar refractivity (Wildman–Crippen MR) is 133 cm³/mol. The Balaban J connectivity index is 1.63. The van der Waals surface area contributed by atoms with Crippen LogP contribution in [0.15, 0.2) is 18.5 Å². The second-order valence-electron chi connectivity index (χ2n) is 9.11. The molecule has 34 heavy (non-hydrogen) atoms. The first-order valence-corrected chi connectivity index (χ1v) is 12.1. The van der Waals surface area contributed by atoms with E-state index in [1.165, 1.54) is 0 Å². The van der Waals surface area contributed by atoms with E-state index in [2.05, 4.69) is 45.3 Å². The Morgan fingerprint density at radius 2 is 2.03 bits per heavy atom. The highest BCUT2D eigenvalue weighted by Crippen LogP contribution is 2.31. The van der Waals surface area contributed by atoms with E-state index in [9.17, 15) is 5.11 Å². The van der Waals surface area contributed by atoms with Crippen molar-refractivity contribution in [2.75, 3.05) is 44.9 Å². The topological polar surface area (TPSA) is 127 Å². The lowest BCUT2D eigenvalue weighted by Gasteiger charge is -2.28. The predicted octanol–water partition coefficient (Wildman–Crippen LogP) is 2.63. The zero-order valence-corrected chi connectivity index (χ0v) is 20.4. The Labute approximate surface area is 200 Å². The summed E-state index contributed by atoms with van der Waals surface area (Å²) in [7, 11) is 3.86. The number of pyridine rings is 1. The van der Waals surface area contributed by atoms with Crippen LogP contribution in [0.2, 0.25) is 0 Å². The van der Waals surface area contributed by atoms with Crippen LogP contribution in [0.25, 0.3) is 11.0 Å². The fourth-order valence-corrected chi connectivity index (χ4v) is 4.70. The smallest absolute Gasteiger partial charge is 0.222 e. The summed E-state index contributed by atoms with van der Waals surface area (Å²) in [5.74, 6) is 2.08. The maximum atomic E-state index is 9.47. The van der Waals surface area contributed by atoms with Crippen molar-refractivity contribution in [1.29, 1.82) is 0 Å². The zero-order chi connectivity index (χ0) is 24.1. The maximum absolute atomic E-state index is 9.47. The molecule has 0 radical (unpaired) electrons. The lowest BCUT2D eigenvalue weighted by molar-refractivity contribution is 0.253. The fourth-order valence-electron chi connectivity index (χ4n) is 4.70. The molecule has 0 aliphatic carbocycles. The van der Waals surface area contributed by atoms with Gasteiger partial charge in [0.1, 0.15) is 16.8 Å². The van der Waals surface area contributed by atoms with Crippen molar-refractivity contribution < 1.29 is 9.84 Å². The Morgan fingerprint density at radius 1 is 1.24 bits per heavy atom. The molecule has 184 valence electrons. The van der Waals surface area contributed by atoms with Gasteiger partial charge in [-0.15, -0.1) is 0 Å². The summed E-state index contributed by atoms with van der Waals surface area (Å²) in [6.07, 6.45) is 8.35. The molecule has 10 nitrogen and oxygen atoms in total. The third kappa shape index (κ3) is 5.39. The van der Waals surface area contributed by atoms with E-state index in [1.807, 2.05) is 10.9 Å². The molecule has 1 saturated heterocycles. The van der Waals surface area contributed by atoms with E-state index in [-0.39, 0.29) is 18.6 Å². The number of nitrogen functional groups attached to an aromatic ring is 1. The standard InChI is InChI=1S/C24H36N8O2/c1-4-5-18(8-11-33)28-23-22-20(29-24(25)30-23)14-27-32(22)15-17-13-26-19(12-21(17)34-3)16-6-9-31(2)10-7-16/h12-14,16,18,33H,4-11,15H2,1-3H3,(H3,25,28,29,30)/t18-/m0/s1. The van der Waals surface area contributed by atoms with E-state index in [1.54, 1.807) is 13.3 Å². The van der Waals surface area contributed by atoms with Crippen LogP contribution in [0, 0.1) is 0 Å². The first-order chi connectivity index (χ1) is 16.5. The van der Waals surface area contributed by atoms with Crippen molar-refractivity contribution in [2.24, 2.45) is 0 Å². The molecule has 1 aliphatic rings. The molecule has 0 aromatic carbocycles. The molecule has 10 heteroatoms. The molecule has 0 spiro atoms. The van der Waals surface area contributed by atoms with Crippen LogP contribution in [0.1, 0.15) is 56.2 Å². The van der Waals surface area contributed by atoms with Gasteiger partial charge in [-0.25, -0.2) is 4.98 Å². The van der Waals surface area contributed by atoms with Crippen LogP contribution >= 0.6 is 0 Å². The number of rotatable bonds is 10. The van der Waals surface area contributed by atoms with Crippen molar-refractivity contribution >= 4 is 22.8 Å². The van der Waals surface area contributed by atoms with Crippen LogP contribution in [-0.4, -0.2) is 74.6 Å². The van der Waals surface area contributed by atoms with Crippen LogP contribution < -0.4 is 15.8 Å². The molecule has 3 aromatic heterocycles. The number of aliphatic hydroxyl groups excluding tert-OH is 1. The van der Waals surface area contributed by atoms with E-state index in [4.69, 9.17) is 15.5 Å². The molecule has 4 heterocycles. The quantitative estimate of drug-likeness (QED) is 0.411. The molecule has 0 amide bonds. The van der Waals surface area contributed by atoms with Crippen LogP contribution in [-0.2, 0) is 6.54 Å². The molecule has 1 atom stereocenters. The van der Waals surface area contributed by atoms with E-state index < -0.39 is 0 Å². The highest BCUT2D eigenvalue weighted by Gasteiger charge is 2.22. The molecule has 1 fully saturated rings. The van der Waals surface area contributed by atoms with Crippen molar-refractivity contribution in [3.05, 3.63) is 29.7 Å². The van der Waals surface area contributed by atoms with Crippen LogP contribution in [0.5, 0.6) is 5.75 Å². The maximum Gasteiger partial charge on any atom is 0.222 e. The number of hydrogen-bond donors (Lipinski definition) is 3. The van der Waals surface area contributed by atoms with Crippen molar-refractivity contribution in [3.63, 3.8) is 0 Å². The minimum absolute atomic E-state index is 0.0841. The van der Waals surface area contributed by atoms with Gasteiger partial charge in [-0.05, 0) is 45.8 Å². The molecule has 0 unspecified atom stereocenters. The fraction of sp³-hybridized carbons (Fsp3) is 0.583. The molecule has 0 bridgehead atoms. The monoisotopic (exact) mass is 468 g/mol. The van der Waals surface area contributed by atoms with Crippen LogP contribution in [0.3, 0.4) is 0 Å². The molecule has 3 aromatic rings. The molecule has 1 aliphatic heterocycles. The lowest BCUT2D eigenvalue weighted by Crippen LogP contribution is -2.29. The Morgan fingerprint density at radius 3 is 2.74 bits per heavy atom. The first kappa shape index (κ1) is 24.2. The van der Waals surface area contributed by atoms with Crippen molar-refractivity contribution in [1.82, 2.24) is 29.6 Å². The van der Waals surface area contributed by atoms with Gasteiger partial charge in [0, 0.05) is 42.1 Å². The Hall–Kier alpha value is -2.98. The summed E-state index contributed by atoms with van der Waals surface area (Å²) in [6, 6.07) is 2.16. The largest absolute Gasteiger partial charge is 0.496 e. The van der Waals surface area contributed by atoms with Crippen molar-refractivity contribution in [3.8, 4) is 5.75 Å². The first-order valence-electron chi connectivity index (χ1n) is 12.1. The van der Waals surface area contributed by atoms with Gasteiger partial charge in [0.15, 0.2) is 5.82 Å². The highest BCUT2D eigenvalue weighted by molar-refractivity contribution is 5.86. The van der Waals surface area contributed by atoms with Gasteiger partial charge in [-0.3, -0.25) is 9.67 Å². The summed E-state index contributed by atoms with van der Waals surface area (Å²) >= 11 is 0. The summed E-state index contributed by atoms with van der Waals surface area (Å²) in [4.78, 5) is 16.0. The van der Waals surface area contributed by atoms with Crippen molar-refractivity contribution in [2.45, 2.75) is 57.5 Å². The van der Waals surface area contributed by atoms with E-state index >= 15 is 0 Å². The number of nitrogens with two attached hydrogens (primary N) is 1. The number of aromatic nitrogens is 5. The van der Waals surface area contributed by atoms with Gasteiger partial charge in [0.05, 0.1) is 19.9 Å². The summed E-state index contributed by atoms with van der Waals surface area (Å²) in [5, 5.41) is 17.5. The average Bonchev–Trinajstić information content (AvgIpc) is 3.22. The van der Waals surface area contributed by atoms with Gasteiger partial charge in [0.25, 0.3) is 0 Å². The normalized spacial score (nSPS) is 16.1. The molecular weight excluding hydrogens is 432 g/mol. The minimum Gasteiger partial charge on any atom is -0.496 e. The van der Waals surface area contributed by atoms with Gasteiger partial charge in [-0.2, -0.15) is 10.1 Å². The van der Waals surface area contributed by atoms with Gasteiger partial charge in [-0.1, -0.05) is 13.3 Å². The highest BCUT2D eigenvalue weighted by atomic mass is 16.5.